The van der Waals surface area contributed by atoms with Crippen LogP contribution in [-0.2, 0) is 0 Å². The largest absolute Gasteiger partial charge is 0.453 e. The predicted molar refractivity (Wildman–Crippen MR) is 62.6 cm³/mol. The number of rotatable bonds is 2. The summed E-state index contributed by atoms with van der Waals surface area (Å²) in [5.74, 6) is -0.0530. The molecule has 0 fully saturated rings. The summed E-state index contributed by atoms with van der Waals surface area (Å²) in [5.41, 5.74) is 0.427. The minimum absolute atomic E-state index is 0.0964. The van der Waals surface area contributed by atoms with Crippen molar-refractivity contribution >= 4 is 11.6 Å². The first kappa shape index (κ1) is 11.4. The number of halogens is 2. The molecule has 84 valence electrons. The Hall–Kier alpha value is -2.05. The molecule has 0 heterocycles. The molecule has 0 unspecified atom stereocenters. The lowest BCUT2D eigenvalue weighted by atomic mass is 10.2. The number of hydrogen-bond donors (Lipinski definition) is 0. The topological polar surface area (TPSA) is 33.0 Å². The van der Waals surface area contributed by atoms with Crippen molar-refractivity contribution in [3.05, 3.63) is 58.9 Å². The van der Waals surface area contributed by atoms with Crippen molar-refractivity contribution in [2.75, 3.05) is 0 Å². The van der Waals surface area contributed by atoms with E-state index in [2.05, 4.69) is 0 Å². The summed E-state index contributed by atoms with van der Waals surface area (Å²) in [5, 5.41) is 8.95. The smallest absolute Gasteiger partial charge is 0.165 e. The Morgan fingerprint density at radius 1 is 1.12 bits per heavy atom. The highest BCUT2D eigenvalue weighted by Crippen LogP contribution is 2.31. The minimum atomic E-state index is -0.465. The van der Waals surface area contributed by atoms with E-state index in [1.807, 2.05) is 6.07 Å². The molecule has 2 nitrogen and oxygen atoms in total. The number of nitrogens with zero attached hydrogens (tertiary/aromatic N) is 1. The third-order valence-corrected chi connectivity index (χ3v) is 2.41. The van der Waals surface area contributed by atoms with Crippen LogP contribution in [0.25, 0.3) is 0 Å². The number of nitriles is 1. The third-order valence-electron chi connectivity index (χ3n) is 2.12. The van der Waals surface area contributed by atoms with Gasteiger partial charge >= 0.3 is 0 Å². The molecule has 0 saturated heterocycles. The summed E-state index contributed by atoms with van der Waals surface area (Å²) in [6.07, 6.45) is 0. The molecule has 0 bridgehead atoms. The van der Waals surface area contributed by atoms with Gasteiger partial charge in [-0.25, -0.2) is 4.39 Å². The van der Waals surface area contributed by atoms with Gasteiger partial charge in [-0.15, -0.1) is 0 Å². The predicted octanol–water partition coefficient (Wildman–Crippen LogP) is 4.14. The van der Waals surface area contributed by atoms with Gasteiger partial charge in [-0.3, -0.25) is 0 Å². The molecule has 2 rings (SSSR count). The van der Waals surface area contributed by atoms with Gasteiger partial charge in [-0.1, -0.05) is 23.7 Å². The maximum absolute atomic E-state index is 13.3. The Morgan fingerprint density at radius 3 is 2.53 bits per heavy atom. The minimum Gasteiger partial charge on any atom is -0.453 e. The van der Waals surface area contributed by atoms with Crippen molar-refractivity contribution in [3.63, 3.8) is 0 Å². The zero-order valence-electron chi connectivity index (χ0n) is 8.65. The van der Waals surface area contributed by atoms with E-state index in [0.29, 0.717) is 11.3 Å². The lowest BCUT2D eigenvalue weighted by molar-refractivity contribution is 0.442. The fourth-order valence-electron chi connectivity index (χ4n) is 1.30. The molecule has 0 spiro atoms. The van der Waals surface area contributed by atoms with Crippen molar-refractivity contribution in [1.82, 2.24) is 0 Å². The van der Waals surface area contributed by atoms with Crippen LogP contribution in [0.1, 0.15) is 5.56 Å². The monoisotopic (exact) mass is 247 g/mol. The lowest BCUT2D eigenvalue weighted by Gasteiger charge is -2.08. The molecule has 0 saturated carbocycles. The van der Waals surface area contributed by atoms with Crippen LogP contribution in [0.15, 0.2) is 42.5 Å². The molecule has 0 N–H and O–H groups in total. The second kappa shape index (κ2) is 4.86. The Kier molecular flexibility index (Phi) is 3.27. The van der Waals surface area contributed by atoms with E-state index in [0.717, 1.165) is 0 Å². The summed E-state index contributed by atoms with van der Waals surface area (Å²) in [4.78, 5) is 0. The second-order valence-corrected chi connectivity index (χ2v) is 3.70. The summed E-state index contributed by atoms with van der Waals surface area (Å²) >= 11 is 5.91. The Balaban J connectivity index is 2.32. The van der Waals surface area contributed by atoms with E-state index < -0.39 is 5.82 Å². The van der Waals surface area contributed by atoms with Crippen molar-refractivity contribution in [1.29, 1.82) is 5.26 Å². The fraction of sp³-hybridized carbons (Fsp3) is 0. The SMILES string of the molecule is N#Cc1ccc(Oc2ccccc2F)c(Cl)c1. The molecule has 4 heteroatoms. The number of benzene rings is 2. The molecule has 17 heavy (non-hydrogen) atoms. The molecular formula is C13H7ClFNO. The van der Waals surface area contributed by atoms with Crippen LogP contribution in [0.3, 0.4) is 0 Å². The zero-order chi connectivity index (χ0) is 12.3. The Labute approximate surface area is 103 Å². The van der Waals surface area contributed by atoms with Gasteiger partial charge in [0.25, 0.3) is 0 Å². The molecular weight excluding hydrogens is 241 g/mol. The van der Waals surface area contributed by atoms with Crippen molar-refractivity contribution in [2.24, 2.45) is 0 Å². The van der Waals surface area contributed by atoms with Crippen molar-refractivity contribution < 1.29 is 9.13 Å². The maximum atomic E-state index is 13.3. The molecule has 0 aliphatic heterocycles. The fourth-order valence-corrected chi connectivity index (χ4v) is 1.52. The van der Waals surface area contributed by atoms with Crippen LogP contribution < -0.4 is 4.74 Å². The molecule has 0 radical (unpaired) electrons. The van der Waals surface area contributed by atoms with E-state index in [1.54, 1.807) is 18.2 Å². The number of hydrogen-bond acceptors (Lipinski definition) is 2. The van der Waals surface area contributed by atoms with Gasteiger partial charge in [0, 0.05) is 0 Å². The zero-order valence-corrected chi connectivity index (χ0v) is 9.41. The van der Waals surface area contributed by atoms with Gasteiger partial charge in [-0.2, -0.15) is 5.26 Å². The Bertz CT molecular complexity index is 592. The first-order valence-corrected chi connectivity index (χ1v) is 5.20. The summed E-state index contributed by atoms with van der Waals surface area (Å²) < 4.78 is 18.7. The van der Waals surface area contributed by atoms with Crippen LogP contribution in [0, 0.1) is 17.1 Å². The van der Waals surface area contributed by atoms with Gasteiger partial charge in [0.2, 0.25) is 0 Å². The second-order valence-electron chi connectivity index (χ2n) is 3.29. The van der Waals surface area contributed by atoms with E-state index in [-0.39, 0.29) is 10.8 Å². The van der Waals surface area contributed by atoms with E-state index in [9.17, 15) is 4.39 Å². The standard InChI is InChI=1S/C13H7ClFNO/c14-10-7-9(8-16)5-6-12(10)17-13-4-2-1-3-11(13)15/h1-7H. The third kappa shape index (κ3) is 2.55. The first-order valence-electron chi connectivity index (χ1n) is 4.83. The summed E-state index contributed by atoms with van der Waals surface area (Å²) in [6.45, 7) is 0. The summed E-state index contributed by atoms with van der Waals surface area (Å²) in [7, 11) is 0. The van der Waals surface area contributed by atoms with Crippen LogP contribution in [0.2, 0.25) is 5.02 Å². The van der Waals surface area contributed by atoms with Crippen LogP contribution >= 0.6 is 11.6 Å². The molecule has 0 atom stereocenters. The normalized spacial score (nSPS) is 9.71. The highest BCUT2D eigenvalue weighted by molar-refractivity contribution is 6.32. The van der Waals surface area contributed by atoms with E-state index >= 15 is 0 Å². The van der Waals surface area contributed by atoms with Gasteiger partial charge in [0.05, 0.1) is 16.7 Å². The van der Waals surface area contributed by atoms with Crippen molar-refractivity contribution in [3.8, 4) is 17.6 Å². The quantitative estimate of drug-likeness (QED) is 0.799. The number of para-hydroxylation sites is 1. The lowest BCUT2D eigenvalue weighted by Crippen LogP contribution is -1.89. The highest BCUT2D eigenvalue weighted by atomic mass is 35.5. The summed E-state index contributed by atoms with van der Waals surface area (Å²) in [6, 6.07) is 12.6. The van der Waals surface area contributed by atoms with Gasteiger partial charge in [-0.05, 0) is 30.3 Å². The van der Waals surface area contributed by atoms with Gasteiger partial charge < -0.3 is 4.74 Å². The molecule has 0 aliphatic carbocycles. The first-order chi connectivity index (χ1) is 8.20. The van der Waals surface area contributed by atoms with Crippen LogP contribution in [0.4, 0.5) is 4.39 Å². The molecule has 0 aromatic heterocycles. The average Bonchev–Trinajstić information content (AvgIpc) is 2.34. The molecule has 2 aromatic rings. The van der Waals surface area contributed by atoms with E-state index in [4.69, 9.17) is 21.6 Å². The van der Waals surface area contributed by atoms with Gasteiger partial charge in [0.15, 0.2) is 11.6 Å². The van der Waals surface area contributed by atoms with E-state index in [1.165, 1.54) is 24.3 Å². The highest BCUT2D eigenvalue weighted by Gasteiger charge is 2.07. The Morgan fingerprint density at radius 2 is 1.88 bits per heavy atom. The van der Waals surface area contributed by atoms with Crippen LogP contribution in [-0.4, -0.2) is 0 Å². The average molecular weight is 248 g/mol. The maximum Gasteiger partial charge on any atom is 0.165 e. The molecule has 0 amide bonds. The molecule has 0 aliphatic rings. The van der Waals surface area contributed by atoms with Crippen LogP contribution in [0.5, 0.6) is 11.5 Å². The van der Waals surface area contributed by atoms with Crippen molar-refractivity contribution in [2.45, 2.75) is 0 Å². The number of ether oxygens (including phenoxy) is 1. The van der Waals surface area contributed by atoms with Gasteiger partial charge in [0.1, 0.15) is 5.75 Å². The molecule has 2 aromatic carbocycles.